The van der Waals surface area contributed by atoms with E-state index in [2.05, 4.69) is 17.3 Å². The number of likely N-dealkylation sites (tertiary alicyclic amines) is 1. The van der Waals surface area contributed by atoms with Crippen molar-refractivity contribution in [3.05, 3.63) is 0 Å². The molecule has 1 aliphatic heterocycles. The first-order chi connectivity index (χ1) is 7.72. The molecule has 1 saturated heterocycles. The predicted octanol–water partition coefficient (Wildman–Crippen LogP) is -0.580. The molecule has 1 heterocycles. The van der Waals surface area contributed by atoms with Crippen molar-refractivity contribution in [2.45, 2.75) is 12.8 Å². The van der Waals surface area contributed by atoms with Crippen LogP contribution >= 0.6 is 0 Å². The molecule has 1 aliphatic rings. The van der Waals surface area contributed by atoms with E-state index in [1.807, 2.05) is 0 Å². The SMILES string of the molecule is CN1CCCC(CNC(=O)COCCN)C1. The van der Waals surface area contributed by atoms with Crippen molar-refractivity contribution in [1.29, 1.82) is 0 Å². The predicted molar refractivity (Wildman–Crippen MR) is 63.1 cm³/mol. The molecule has 94 valence electrons. The Bertz CT molecular complexity index is 211. The molecule has 0 spiro atoms. The number of carbonyl (C=O) groups excluding carboxylic acids is 1. The van der Waals surface area contributed by atoms with Gasteiger partial charge in [-0.3, -0.25) is 4.79 Å². The molecule has 1 amide bonds. The smallest absolute Gasteiger partial charge is 0.246 e. The second-order valence-corrected chi connectivity index (χ2v) is 4.42. The fourth-order valence-corrected chi connectivity index (χ4v) is 2.00. The third kappa shape index (κ3) is 5.44. The molecule has 5 heteroatoms. The number of piperidine rings is 1. The van der Waals surface area contributed by atoms with Crippen molar-refractivity contribution in [3.8, 4) is 0 Å². The third-order valence-electron chi connectivity index (χ3n) is 2.81. The third-order valence-corrected chi connectivity index (χ3v) is 2.81. The van der Waals surface area contributed by atoms with Crippen LogP contribution in [0, 0.1) is 5.92 Å². The number of nitrogens with zero attached hydrogens (tertiary/aromatic N) is 1. The number of rotatable bonds is 6. The van der Waals surface area contributed by atoms with Crippen molar-refractivity contribution in [3.63, 3.8) is 0 Å². The minimum Gasteiger partial charge on any atom is -0.370 e. The molecule has 0 saturated carbocycles. The Morgan fingerprint density at radius 1 is 1.62 bits per heavy atom. The van der Waals surface area contributed by atoms with Crippen LogP contribution in [0.3, 0.4) is 0 Å². The van der Waals surface area contributed by atoms with E-state index >= 15 is 0 Å². The van der Waals surface area contributed by atoms with Gasteiger partial charge < -0.3 is 20.7 Å². The molecule has 0 bridgehead atoms. The van der Waals surface area contributed by atoms with Crippen molar-refractivity contribution >= 4 is 5.91 Å². The minimum atomic E-state index is -0.0401. The van der Waals surface area contributed by atoms with Gasteiger partial charge in [-0.05, 0) is 32.4 Å². The van der Waals surface area contributed by atoms with Gasteiger partial charge in [-0.25, -0.2) is 0 Å². The Morgan fingerprint density at radius 3 is 3.12 bits per heavy atom. The highest BCUT2D eigenvalue weighted by Gasteiger charge is 2.17. The summed E-state index contributed by atoms with van der Waals surface area (Å²) >= 11 is 0. The van der Waals surface area contributed by atoms with Crippen LogP contribution in [0.2, 0.25) is 0 Å². The molecule has 0 aromatic rings. The van der Waals surface area contributed by atoms with Gasteiger partial charge in [-0.15, -0.1) is 0 Å². The van der Waals surface area contributed by atoms with Crippen LogP contribution in [0.15, 0.2) is 0 Å². The molecule has 1 fully saturated rings. The van der Waals surface area contributed by atoms with Crippen LogP contribution in [-0.2, 0) is 9.53 Å². The maximum atomic E-state index is 11.4. The molecule has 1 rings (SSSR count). The first-order valence-corrected chi connectivity index (χ1v) is 5.95. The normalized spacial score (nSPS) is 22.0. The lowest BCUT2D eigenvalue weighted by Gasteiger charge is -2.29. The first kappa shape index (κ1) is 13.4. The molecule has 3 N–H and O–H groups in total. The zero-order valence-electron chi connectivity index (χ0n) is 10.1. The minimum absolute atomic E-state index is 0.0401. The van der Waals surface area contributed by atoms with Crippen molar-refractivity contribution in [2.24, 2.45) is 11.7 Å². The van der Waals surface area contributed by atoms with Gasteiger partial charge >= 0.3 is 0 Å². The van der Waals surface area contributed by atoms with Crippen molar-refractivity contribution < 1.29 is 9.53 Å². The second-order valence-electron chi connectivity index (χ2n) is 4.42. The summed E-state index contributed by atoms with van der Waals surface area (Å²) < 4.78 is 5.06. The highest BCUT2D eigenvalue weighted by atomic mass is 16.5. The van der Waals surface area contributed by atoms with Gasteiger partial charge in [-0.1, -0.05) is 0 Å². The monoisotopic (exact) mass is 229 g/mol. The van der Waals surface area contributed by atoms with Gasteiger partial charge in [0.15, 0.2) is 0 Å². The van der Waals surface area contributed by atoms with Gasteiger partial charge in [-0.2, -0.15) is 0 Å². The fourth-order valence-electron chi connectivity index (χ4n) is 2.00. The van der Waals surface area contributed by atoms with E-state index in [9.17, 15) is 4.79 Å². The summed E-state index contributed by atoms with van der Waals surface area (Å²) in [5, 5.41) is 2.90. The lowest BCUT2D eigenvalue weighted by molar-refractivity contribution is -0.125. The van der Waals surface area contributed by atoms with E-state index in [0.717, 1.165) is 13.1 Å². The number of hydrogen-bond acceptors (Lipinski definition) is 4. The Labute approximate surface area is 97.3 Å². The highest BCUT2D eigenvalue weighted by Crippen LogP contribution is 2.13. The Balaban J connectivity index is 2.06. The lowest BCUT2D eigenvalue weighted by atomic mass is 9.98. The van der Waals surface area contributed by atoms with E-state index in [0.29, 0.717) is 19.1 Å². The number of nitrogens with two attached hydrogens (primary N) is 1. The molecule has 0 aliphatic carbocycles. The van der Waals surface area contributed by atoms with Crippen LogP contribution in [0.4, 0.5) is 0 Å². The zero-order chi connectivity index (χ0) is 11.8. The lowest BCUT2D eigenvalue weighted by Crippen LogP contribution is -2.40. The summed E-state index contributed by atoms with van der Waals surface area (Å²) in [7, 11) is 2.12. The van der Waals surface area contributed by atoms with E-state index in [1.54, 1.807) is 0 Å². The molecule has 1 atom stereocenters. The standard InChI is InChI=1S/C11H23N3O2/c1-14-5-2-3-10(8-14)7-13-11(15)9-16-6-4-12/h10H,2-9,12H2,1H3,(H,13,15). The molecular weight excluding hydrogens is 206 g/mol. The topological polar surface area (TPSA) is 67.6 Å². The average molecular weight is 229 g/mol. The van der Waals surface area contributed by atoms with Crippen LogP contribution in [0.25, 0.3) is 0 Å². The van der Waals surface area contributed by atoms with E-state index in [-0.39, 0.29) is 12.5 Å². The number of ether oxygens (including phenoxy) is 1. The van der Waals surface area contributed by atoms with Gasteiger partial charge in [0.25, 0.3) is 0 Å². The molecule has 0 radical (unpaired) electrons. The van der Waals surface area contributed by atoms with Gasteiger partial charge in [0.05, 0.1) is 6.61 Å². The molecule has 1 unspecified atom stereocenters. The molecule has 0 aromatic heterocycles. The average Bonchev–Trinajstić information content (AvgIpc) is 2.27. The Kier molecular flexibility index (Phi) is 6.37. The van der Waals surface area contributed by atoms with Gasteiger partial charge in [0, 0.05) is 19.6 Å². The second kappa shape index (κ2) is 7.60. The number of hydrogen-bond donors (Lipinski definition) is 2. The highest BCUT2D eigenvalue weighted by molar-refractivity contribution is 5.77. The summed E-state index contributed by atoms with van der Waals surface area (Å²) in [6.45, 7) is 4.03. The van der Waals surface area contributed by atoms with Gasteiger partial charge in [0.2, 0.25) is 5.91 Å². The van der Waals surface area contributed by atoms with E-state index in [1.165, 1.54) is 19.4 Å². The summed E-state index contributed by atoms with van der Waals surface area (Å²) in [6.07, 6.45) is 2.43. The van der Waals surface area contributed by atoms with E-state index < -0.39 is 0 Å². The van der Waals surface area contributed by atoms with Crippen molar-refractivity contribution in [2.75, 3.05) is 46.4 Å². The summed E-state index contributed by atoms with van der Waals surface area (Å²) in [6, 6.07) is 0. The maximum absolute atomic E-state index is 11.4. The molecule has 16 heavy (non-hydrogen) atoms. The Morgan fingerprint density at radius 2 is 2.44 bits per heavy atom. The maximum Gasteiger partial charge on any atom is 0.246 e. The van der Waals surface area contributed by atoms with Crippen molar-refractivity contribution in [1.82, 2.24) is 10.2 Å². The van der Waals surface area contributed by atoms with Crippen LogP contribution in [0.5, 0.6) is 0 Å². The largest absolute Gasteiger partial charge is 0.370 e. The summed E-state index contributed by atoms with van der Waals surface area (Å²) in [5.41, 5.74) is 5.26. The quantitative estimate of drug-likeness (QED) is 0.598. The van der Waals surface area contributed by atoms with E-state index in [4.69, 9.17) is 10.5 Å². The van der Waals surface area contributed by atoms with Gasteiger partial charge in [0.1, 0.15) is 6.61 Å². The summed E-state index contributed by atoms with van der Waals surface area (Å²) in [5.74, 6) is 0.541. The molecule has 5 nitrogen and oxygen atoms in total. The van der Waals surface area contributed by atoms with Crippen LogP contribution < -0.4 is 11.1 Å². The first-order valence-electron chi connectivity index (χ1n) is 5.95. The van der Waals surface area contributed by atoms with Crippen LogP contribution in [0.1, 0.15) is 12.8 Å². The number of carbonyl (C=O) groups is 1. The summed E-state index contributed by atoms with van der Waals surface area (Å²) in [4.78, 5) is 13.7. The molecule has 0 aromatic carbocycles. The zero-order valence-corrected chi connectivity index (χ0v) is 10.1. The van der Waals surface area contributed by atoms with Crippen LogP contribution in [-0.4, -0.2) is 57.2 Å². The Hall–Kier alpha value is -0.650. The number of amides is 1. The fraction of sp³-hybridized carbons (Fsp3) is 0.909. The number of nitrogens with one attached hydrogen (secondary N) is 1. The molecular formula is C11H23N3O2.